The number of hydrogen-bond acceptors (Lipinski definition) is 5. The highest BCUT2D eigenvalue weighted by atomic mass is 16.1. The fraction of sp³-hybridized carbons (Fsp3) is 0.0417. The number of nitrogens with zero attached hydrogens (tertiary/aromatic N) is 6. The second kappa shape index (κ2) is 6.98. The van der Waals surface area contributed by atoms with E-state index in [2.05, 4.69) is 25.2 Å². The first-order valence-corrected chi connectivity index (χ1v) is 10.1. The average Bonchev–Trinajstić information content (AvgIpc) is 3.47. The molecule has 0 saturated carbocycles. The molecular weight excluding hydrogens is 402 g/mol. The molecule has 8 heteroatoms. The summed E-state index contributed by atoms with van der Waals surface area (Å²) in [7, 11) is 0. The van der Waals surface area contributed by atoms with E-state index in [-0.39, 0.29) is 5.91 Å². The van der Waals surface area contributed by atoms with Crippen molar-refractivity contribution in [2.75, 3.05) is 5.32 Å². The lowest BCUT2D eigenvalue weighted by atomic mass is 10.1. The van der Waals surface area contributed by atoms with Gasteiger partial charge in [0.05, 0.1) is 27.9 Å². The van der Waals surface area contributed by atoms with E-state index in [0.717, 1.165) is 38.8 Å². The zero-order chi connectivity index (χ0) is 21.7. The summed E-state index contributed by atoms with van der Waals surface area (Å²) in [5.74, 6) is 0.646. The van der Waals surface area contributed by atoms with E-state index >= 15 is 0 Å². The van der Waals surface area contributed by atoms with Crippen LogP contribution in [0.3, 0.4) is 0 Å². The molecule has 0 saturated heterocycles. The SMILES string of the molecule is Cc1nc2ccccc2c2c(NC(=O)c3cccc(-n4cnnn4)c3)c3ccccc3n12. The maximum atomic E-state index is 13.3. The van der Waals surface area contributed by atoms with E-state index < -0.39 is 0 Å². The Kier molecular flexibility index (Phi) is 3.97. The van der Waals surface area contributed by atoms with Gasteiger partial charge in [-0.25, -0.2) is 9.67 Å². The first-order valence-electron chi connectivity index (χ1n) is 10.1. The van der Waals surface area contributed by atoms with Crippen LogP contribution in [-0.4, -0.2) is 35.5 Å². The predicted octanol–water partition coefficient (Wildman–Crippen LogP) is 4.18. The molecule has 0 aliphatic carbocycles. The first kappa shape index (κ1) is 18.2. The van der Waals surface area contributed by atoms with Crippen molar-refractivity contribution in [3.05, 3.63) is 90.5 Å². The maximum absolute atomic E-state index is 13.3. The monoisotopic (exact) mass is 419 g/mol. The first-order chi connectivity index (χ1) is 15.7. The molecule has 6 aromatic rings. The highest BCUT2D eigenvalue weighted by Gasteiger charge is 2.19. The van der Waals surface area contributed by atoms with Crippen molar-refractivity contribution in [1.29, 1.82) is 0 Å². The number of nitrogens with one attached hydrogen (secondary N) is 1. The van der Waals surface area contributed by atoms with Crippen LogP contribution < -0.4 is 5.32 Å². The number of hydrogen-bond donors (Lipinski definition) is 1. The van der Waals surface area contributed by atoms with E-state index in [9.17, 15) is 4.79 Å². The third-order valence-electron chi connectivity index (χ3n) is 5.60. The molecule has 3 aromatic carbocycles. The fourth-order valence-corrected chi connectivity index (χ4v) is 4.21. The van der Waals surface area contributed by atoms with Gasteiger partial charge >= 0.3 is 0 Å². The highest BCUT2D eigenvalue weighted by Crippen LogP contribution is 2.36. The molecule has 0 bridgehead atoms. The number of amides is 1. The number of aryl methyl sites for hydroxylation is 1. The van der Waals surface area contributed by atoms with Crippen LogP contribution in [0.4, 0.5) is 5.69 Å². The van der Waals surface area contributed by atoms with Crippen LogP contribution in [0.15, 0.2) is 79.1 Å². The number of carbonyl (C=O) groups is 1. The second-order valence-corrected chi connectivity index (χ2v) is 7.51. The summed E-state index contributed by atoms with van der Waals surface area (Å²) in [6, 6.07) is 23.2. The fourth-order valence-electron chi connectivity index (χ4n) is 4.21. The van der Waals surface area contributed by atoms with Crippen LogP contribution in [0.1, 0.15) is 16.2 Å². The number of anilines is 1. The van der Waals surface area contributed by atoms with Crippen molar-refractivity contribution in [2.24, 2.45) is 0 Å². The number of rotatable bonds is 3. The van der Waals surface area contributed by atoms with Crippen molar-refractivity contribution in [3.63, 3.8) is 0 Å². The zero-order valence-corrected chi connectivity index (χ0v) is 17.1. The van der Waals surface area contributed by atoms with Crippen LogP contribution in [-0.2, 0) is 0 Å². The molecule has 32 heavy (non-hydrogen) atoms. The van der Waals surface area contributed by atoms with Crippen LogP contribution in [0.5, 0.6) is 0 Å². The van der Waals surface area contributed by atoms with Gasteiger partial charge in [0.1, 0.15) is 12.2 Å². The Bertz CT molecular complexity index is 1630. The summed E-state index contributed by atoms with van der Waals surface area (Å²) < 4.78 is 3.62. The topological polar surface area (TPSA) is 90.0 Å². The van der Waals surface area contributed by atoms with Crippen molar-refractivity contribution in [1.82, 2.24) is 29.6 Å². The molecule has 0 radical (unpaired) electrons. The van der Waals surface area contributed by atoms with Gasteiger partial charge in [-0.15, -0.1) is 5.10 Å². The lowest BCUT2D eigenvalue weighted by Gasteiger charge is -2.09. The third-order valence-corrected chi connectivity index (χ3v) is 5.60. The van der Waals surface area contributed by atoms with Gasteiger partial charge < -0.3 is 5.32 Å². The number of carbonyl (C=O) groups excluding carboxylic acids is 1. The Morgan fingerprint density at radius 3 is 2.59 bits per heavy atom. The minimum Gasteiger partial charge on any atom is -0.320 e. The lowest BCUT2D eigenvalue weighted by Crippen LogP contribution is -2.13. The molecule has 3 heterocycles. The largest absolute Gasteiger partial charge is 0.320 e. The Labute approximate surface area is 182 Å². The van der Waals surface area contributed by atoms with Gasteiger partial charge in [-0.05, 0) is 47.7 Å². The van der Waals surface area contributed by atoms with Gasteiger partial charge in [0.15, 0.2) is 0 Å². The Balaban J connectivity index is 1.55. The van der Waals surface area contributed by atoms with Crippen LogP contribution in [0.2, 0.25) is 0 Å². The normalized spacial score (nSPS) is 11.4. The molecule has 6 rings (SSSR count). The molecule has 8 nitrogen and oxygen atoms in total. The number of fused-ring (bicyclic) bond motifs is 5. The van der Waals surface area contributed by atoms with E-state index in [1.807, 2.05) is 67.6 Å². The van der Waals surface area contributed by atoms with Gasteiger partial charge in [-0.3, -0.25) is 9.20 Å². The molecule has 0 aliphatic rings. The second-order valence-electron chi connectivity index (χ2n) is 7.51. The number of para-hydroxylation sites is 2. The van der Waals surface area contributed by atoms with Gasteiger partial charge in [-0.2, -0.15) is 0 Å². The van der Waals surface area contributed by atoms with Crippen molar-refractivity contribution in [2.45, 2.75) is 6.92 Å². The Morgan fingerprint density at radius 2 is 1.75 bits per heavy atom. The van der Waals surface area contributed by atoms with Gasteiger partial charge in [0.25, 0.3) is 5.91 Å². The standard InChI is InChI=1S/C24H17N7O/c1-15-26-20-11-4-2-9-18(20)23-22(19-10-3-5-12-21(19)31(15)23)27-24(32)16-7-6-8-17(13-16)30-14-25-28-29-30/h2-14H,1H3,(H,27,32). The van der Waals surface area contributed by atoms with E-state index in [1.165, 1.54) is 11.0 Å². The Morgan fingerprint density at radius 1 is 0.938 bits per heavy atom. The van der Waals surface area contributed by atoms with Gasteiger partial charge in [0.2, 0.25) is 0 Å². The summed E-state index contributed by atoms with van der Waals surface area (Å²) >= 11 is 0. The van der Waals surface area contributed by atoms with Crippen molar-refractivity contribution in [3.8, 4) is 5.69 Å². The van der Waals surface area contributed by atoms with Gasteiger partial charge in [0, 0.05) is 16.3 Å². The number of aromatic nitrogens is 6. The van der Waals surface area contributed by atoms with Crippen LogP contribution in [0.25, 0.3) is 33.0 Å². The highest BCUT2D eigenvalue weighted by molar-refractivity contribution is 6.18. The molecule has 3 aromatic heterocycles. The molecule has 1 amide bonds. The average molecular weight is 419 g/mol. The van der Waals surface area contributed by atoms with Crippen molar-refractivity contribution >= 4 is 38.9 Å². The smallest absolute Gasteiger partial charge is 0.255 e. The minimum absolute atomic E-state index is 0.211. The molecular formula is C24H17N7O. The van der Waals surface area contributed by atoms with E-state index in [4.69, 9.17) is 4.98 Å². The minimum atomic E-state index is -0.211. The molecule has 0 aliphatic heterocycles. The van der Waals surface area contributed by atoms with Crippen molar-refractivity contribution < 1.29 is 4.79 Å². The molecule has 0 fully saturated rings. The van der Waals surface area contributed by atoms with E-state index in [0.29, 0.717) is 11.3 Å². The molecule has 0 spiro atoms. The predicted molar refractivity (Wildman–Crippen MR) is 122 cm³/mol. The third kappa shape index (κ3) is 2.73. The van der Waals surface area contributed by atoms with Crippen LogP contribution in [0, 0.1) is 6.92 Å². The zero-order valence-electron chi connectivity index (χ0n) is 17.1. The number of benzene rings is 3. The number of tetrazole rings is 1. The lowest BCUT2D eigenvalue weighted by molar-refractivity contribution is 0.102. The van der Waals surface area contributed by atoms with E-state index in [1.54, 1.807) is 12.1 Å². The Hall–Kier alpha value is -4.59. The summed E-state index contributed by atoms with van der Waals surface area (Å²) in [5, 5.41) is 16.3. The summed E-state index contributed by atoms with van der Waals surface area (Å²) in [4.78, 5) is 18.1. The van der Waals surface area contributed by atoms with Crippen LogP contribution >= 0.6 is 0 Å². The molecule has 0 atom stereocenters. The molecule has 154 valence electrons. The molecule has 0 unspecified atom stereocenters. The quantitative estimate of drug-likeness (QED) is 0.465. The maximum Gasteiger partial charge on any atom is 0.255 e. The summed E-state index contributed by atoms with van der Waals surface area (Å²) in [6.45, 7) is 1.98. The molecule has 1 N–H and O–H groups in total. The van der Waals surface area contributed by atoms with Gasteiger partial charge in [-0.1, -0.05) is 42.5 Å². The summed E-state index contributed by atoms with van der Waals surface area (Å²) in [6.07, 6.45) is 1.49. The summed E-state index contributed by atoms with van der Waals surface area (Å²) in [5.41, 5.74) is 4.79.